The predicted octanol–water partition coefficient (Wildman–Crippen LogP) is 5.33. The fourth-order valence-corrected chi connectivity index (χ4v) is 8.10. The summed E-state index contributed by atoms with van der Waals surface area (Å²) in [5.74, 6) is 0.576. The van der Waals surface area contributed by atoms with E-state index in [-0.39, 0.29) is 24.2 Å². The number of aromatic nitrogens is 3. The zero-order valence-corrected chi connectivity index (χ0v) is 29.6. The van der Waals surface area contributed by atoms with Crippen molar-refractivity contribution in [1.82, 2.24) is 15.0 Å². The van der Waals surface area contributed by atoms with Crippen molar-refractivity contribution in [2.24, 2.45) is 10.2 Å². The molecule has 4 aromatic rings. The molecular weight excluding hydrogens is 727 g/mol. The Morgan fingerprint density at radius 1 is 0.792 bits per heavy atom. The molecule has 48 heavy (non-hydrogen) atoms. The van der Waals surface area contributed by atoms with Gasteiger partial charge in [-0.2, -0.15) is 40.5 Å². The lowest BCUT2D eigenvalue weighted by Crippen LogP contribution is -2.07. The first-order valence-corrected chi connectivity index (χ1v) is 20.6. The third kappa shape index (κ3) is 11.4. The minimum atomic E-state index is -4.46. The number of fused-ring (bicyclic) bond motifs is 1. The number of nitrogens with zero attached hydrogens (tertiary/aromatic N) is 5. The number of aryl methyl sites for hydroxylation is 1. The van der Waals surface area contributed by atoms with Crippen LogP contribution in [0.2, 0.25) is 0 Å². The quantitative estimate of drug-likeness (QED) is 0.0566. The summed E-state index contributed by atoms with van der Waals surface area (Å²) >= 11 is 2.35. The molecule has 0 atom stereocenters. The van der Waals surface area contributed by atoms with Crippen LogP contribution in [0.5, 0.6) is 5.75 Å². The molecule has 20 heteroatoms. The van der Waals surface area contributed by atoms with Gasteiger partial charge in [-0.3, -0.25) is 13.7 Å². The van der Waals surface area contributed by atoms with E-state index in [1.807, 2.05) is 13.0 Å². The second-order valence-corrected chi connectivity index (χ2v) is 16.9. The third-order valence-corrected chi connectivity index (χ3v) is 10.9. The van der Waals surface area contributed by atoms with Crippen LogP contribution in [-0.4, -0.2) is 84.0 Å². The van der Waals surface area contributed by atoms with E-state index in [0.717, 1.165) is 5.56 Å². The number of rotatable bonds is 16. The Bertz CT molecular complexity index is 2110. The lowest BCUT2D eigenvalue weighted by atomic mass is 10.1. The number of ether oxygens (including phenoxy) is 1. The molecule has 15 nitrogen and oxygen atoms in total. The zero-order chi connectivity index (χ0) is 35.1. The summed E-state index contributed by atoms with van der Waals surface area (Å²) in [5, 5.41) is 10.1. The molecule has 1 heterocycles. The zero-order valence-electron chi connectivity index (χ0n) is 25.5. The second kappa shape index (κ2) is 16.0. The Hall–Kier alpha value is -3.24. The van der Waals surface area contributed by atoms with Crippen LogP contribution >= 0.6 is 23.5 Å². The molecule has 0 aliphatic rings. The molecule has 0 unspecified atom stereocenters. The van der Waals surface area contributed by atoms with Gasteiger partial charge in [-0.1, -0.05) is 41.7 Å². The van der Waals surface area contributed by atoms with Gasteiger partial charge in [0.15, 0.2) is 10.3 Å². The van der Waals surface area contributed by atoms with Gasteiger partial charge in [0.05, 0.1) is 30.0 Å². The lowest BCUT2D eigenvalue weighted by molar-refractivity contribution is 0.410. The molecular formula is C28H31N5O10S5. The Labute approximate surface area is 286 Å². The molecule has 0 saturated carbocycles. The molecule has 0 spiro atoms. The monoisotopic (exact) mass is 757 g/mol. The van der Waals surface area contributed by atoms with Crippen LogP contribution in [0.1, 0.15) is 29.8 Å². The largest absolute Gasteiger partial charge is 0.496 e. The number of benzene rings is 3. The van der Waals surface area contributed by atoms with Crippen molar-refractivity contribution in [2.45, 2.75) is 41.4 Å². The van der Waals surface area contributed by atoms with Crippen LogP contribution in [0.4, 0.5) is 11.4 Å². The number of azo groups is 1. The first kappa shape index (κ1) is 37.6. The molecule has 3 N–H and O–H groups in total. The molecule has 0 aliphatic heterocycles. The maximum Gasteiger partial charge on any atom is 0.295 e. The van der Waals surface area contributed by atoms with Gasteiger partial charge in [0.2, 0.25) is 0 Å². The highest BCUT2D eigenvalue weighted by atomic mass is 32.2. The van der Waals surface area contributed by atoms with Crippen LogP contribution in [0.15, 0.2) is 74.0 Å². The van der Waals surface area contributed by atoms with E-state index in [9.17, 15) is 29.8 Å². The molecule has 0 bridgehead atoms. The molecule has 258 valence electrons. The Morgan fingerprint density at radius 2 is 1.42 bits per heavy atom. The van der Waals surface area contributed by atoms with Gasteiger partial charge < -0.3 is 4.74 Å². The summed E-state index contributed by atoms with van der Waals surface area (Å²) in [7, 11) is -11.2. The van der Waals surface area contributed by atoms with Gasteiger partial charge in [0.1, 0.15) is 16.5 Å². The summed E-state index contributed by atoms with van der Waals surface area (Å²) in [4.78, 5) is 13.2. The predicted molar refractivity (Wildman–Crippen MR) is 182 cm³/mol. The van der Waals surface area contributed by atoms with Gasteiger partial charge in [-0.15, -0.1) is 0 Å². The van der Waals surface area contributed by atoms with Gasteiger partial charge in [-0.05, 0) is 55.0 Å². The fourth-order valence-electron chi connectivity index (χ4n) is 4.37. The van der Waals surface area contributed by atoms with Crippen molar-refractivity contribution in [3.8, 4) is 5.75 Å². The van der Waals surface area contributed by atoms with Crippen LogP contribution in [0, 0.1) is 6.92 Å². The summed E-state index contributed by atoms with van der Waals surface area (Å²) in [6, 6.07) is 12.9. The van der Waals surface area contributed by atoms with E-state index in [0.29, 0.717) is 61.1 Å². The topological polar surface area (TPSA) is 236 Å². The molecule has 0 aliphatic carbocycles. The van der Waals surface area contributed by atoms with Gasteiger partial charge in [-0.25, -0.2) is 9.97 Å². The number of thioether (sulfide) groups is 2. The molecule has 0 amide bonds. The van der Waals surface area contributed by atoms with Gasteiger partial charge >= 0.3 is 0 Å². The molecule has 0 saturated heterocycles. The number of hydrogen-bond acceptors (Lipinski definition) is 14. The molecule has 4 rings (SSSR count). The highest BCUT2D eigenvalue weighted by Crippen LogP contribution is 2.33. The third-order valence-electron chi connectivity index (χ3n) is 6.52. The summed E-state index contributed by atoms with van der Waals surface area (Å²) in [6.07, 6.45) is 0.515. The minimum Gasteiger partial charge on any atom is -0.496 e. The van der Waals surface area contributed by atoms with Crippen molar-refractivity contribution in [3.63, 3.8) is 0 Å². The maximum atomic E-state index is 11.9. The van der Waals surface area contributed by atoms with Crippen LogP contribution < -0.4 is 4.74 Å². The number of hydrogen-bond donors (Lipinski definition) is 3. The summed E-state index contributed by atoms with van der Waals surface area (Å²) in [6.45, 7) is 1.81. The smallest absolute Gasteiger partial charge is 0.295 e. The van der Waals surface area contributed by atoms with E-state index in [4.69, 9.17) is 13.8 Å². The second-order valence-electron chi connectivity index (χ2n) is 10.3. The average Bonchev–Trinajstić information content (AvgIpc) is 2.99. The maximum absolute atomic E-state index is 11.9. The van der Waals surface area contributed by atoms with Crippen molar-refractivity contribution in [3.05, 3.63) is 65.5 Å². The normalized spacial score (nSPS) is 12.6. The van der Waals surface area contributed by atoms with Gasteiger partial charge in [0.25, 0.3) is 30.4 Å². The Balaban J connectivity index is 1.58. The molecule has 1 aromatic heterocycles. The fraction of sp³-hybridized carbons (Fsp3) is 0.321. The minimum absolute atomic E-state index is 0.158. The Kier molecular flexibility index (Phi) is 12.5. The van der Waals surface area contributed by atoms with E-state index in [1.54, 1.807) is 24.3 Å². The Morgan fingerprint density at radius 3 is 1.98 bits per heavy atom. The lowest BCUT2D eigenvalue weighted by Gasteiger charge is -2.12. The first-order valence-electron chi connectivity index (χ1n) is 14.0. The first-order chi connectivity index (χ1) is 22.5. The highest BCUT2D eigenvalue weighted by molar-refractivity contribution is 7.99. The van der Waals surface area contributed by atoms with E-state index < -0.39 is 41.9 Å². The van der Waals surface area contributed by atoms with E-state index in [2.05, 4.69) is 25.2 Å². The van der Waals surface area contributed by atoms with Crippen LogP contribution in [0.3, 0.4) is 0 Å². The summed E-state index contributed by atoms with van der Waals surface area (Å²) < 4.78 is 101. The average molecular weight is 758 g/mol. The SMILES string of the molecule is COc1cc(N=Nc2ccc3cccc(S(=O)(=O)O)c3c2)c(C)cc1Cc1nc(SCCCS(=O)(=O)O)nc(SCCCS(=O)(=O)O)n1. The van der Waals surface area contributed by atoms with E-state index >= 15 is 0 Å². The van der Waals surface area contributed by atoms with Crippen molar-refractivity contribution >= 4 is 76.0 Å². The highest BCUT2D eigenvalue weighted by Gasteiger charge is 2.16. The van der Waals surface area contributed by atoms with Crippen molar-refractivity contribution < 1.29 is 43.6 Å². The molecule has 3 aromatic carbocycles. The summed E-state index contributed by atoms with van der Waals surface area (Å²) in [5.41, 5.74) is 2.25. The van der Waals surface area contributed by atoms with E-state index in [1.165, 1.54) is 48.8 Å². The van der Waals surface area contributed by atoms with Gasteiger partial charge in [0, 0.05) is 34.9 Å². The standard InChI is InChI=1S/C28H31N5O10S5/c1-18-14-20(15-26-29-27(44-10-4-12-46(34,35)36)31-28(30-26)45-11-5-13-47(37,38)39)24(43-2)17-23(18)33-32-21-9-8-19-6-3-7-25(22(19)16-21)48(40,41)42/h3,6-9,14,16-17H,4-5,10-13,15H2,1-2H3,(H,34,35,36)(H,37,38,39)(H,40,41,42). The molecule has 0 fully saturated rings. The van der Waals surface area contributed by atoms with Crippen molar-refractivity contribution in [2.75, 3.05) is 30.1 Å². The number of methoxy groups -OCH3 is 1. The van der Waals surface area contributed by atoms with Crippen LogP contribution in [0.25, 0.3) is 10.8 Å². The van der Waals surface area contributed by atoms with Crippen LogP contribution in [-0.2, 0) is 36.8 Å². The molecule has 0 radical (unpaired) electrons. The van der Waals surface area contributed by atoms with Crippen molar-refractivity contribution in [1.29, 1.82) is 0 Å².